The second-order valence-electron chi connectivity index (χ2n) is 4.43. The standard InChI is InChI=1S/C11H14N6O4S/c1-12-10-7(15-22(3,20)21)5-4-6(13-10)8-9(11(18)19)17(2)16-14-8/h4-5,15H,1-3H3,(H,12,13)(H,18,19). The monoisotopic (exact) mass is 326 g/mol. The van der Waals surface area contributed by atoms with Crippen LogP contribution >= 0.6 is 0 Å². The van der Waals surface area contributed by atoms with Gasteiger partial charge in [-0.3, -0.25) is 4.72 Å². The minimum Gasteiger partial charge on any atom is -0.476 e. The summed E-state index contributed by atoms with van der Waals surface area (Å²) in [5, 5.41) is 19.4. The first-order valence-corrected chi connectivity index (χ1v) is 7.92. The van der Waals surface area contributed by atoms with Crippen molar-refractivity contribution in [1.29, 1.82) is 0 Å². The van der Waals surface area contributed by atoms with Gasteiger partial charge in [-0.25, -0.2) is 22.9 Å². The molecule has 0 atom stereocenters. The molecule has 0 bridgehead atoms. The van der Waals surface area contributed by atoms with Crippen LogP contribution in [0, 0.1) is 0 Å². The van der Waals surface area contributed by atoms with E-state index in [-0.39, 0.29) is 28.6 Å². The molecule has 0 radical (unpaired) electrons. The van der Waals surface area contributed by atoms with Crippen molar-refractivity contribution in [2.75, 3.05) is 23.3 Å². The largest absolute Gasteiger partial charge is 0.476 e. The molecule has 0 amide bonds. The molecule has 0 aliphatic carbocycles. The van der Waals surface area contributed by atoms with Gasteiger partial charge in [0.1, 0.15) is 5.69 Å². The van der Waals surface area contributed by atoms with E-state index in [9.17, 15) is 18.3 Å². The number of aromatic carboxylic acids is 1. The van der Waals surface area contributed by atoms with Crippen molar-refractivity contribution >= 4 is 27.5 Å². The Morgan fingerprint density at radius 3 is 2.59 bits per heavy atom. The van der Waals surface area contributed by atoms with E-state index >= 15 is 0 Å². The fourth-order valence-electron chi connectivity index (χ4n) is 1.83. The molecule has 0 fully saturated rings. The maximum absolute atomic E-state index is 11.3. The predicted octanol–water partition coefficient (Wildman–Crippen LogP) is -0.0115. The number of aromatic nitrogens is 4. The predicted molar refractivity (Wildman–Crippen MR) is 79.2 cm³/mol. The van der Waals surface area contributed by atoms with Crippen LogP contribution in [0.3, 0.4) is 0 Å². The zero-order valence-electron chi connectivity index (χ0n) is 12.0. The van der Waals surface area contributed by atoms with Crippen LogP contribution in [-0.4, -0.2) is 52.8 Å². The van der Waals surface area contributed by atoms with Crippen molar-refractivity contribution in [1.82, 2.24) is 20.0 Å². The highest BCUT2D eigenvalue weighted by molar-refractivity contribution is 7.92. The summed E-state index contributed by atoms with van der Waals surface area (Å²) in [7, 11) is -0.440. The summed E-state index contributed by atoms with van der Waals surface area (Å²) in [6.45, 7) is 0. The summed E-state index contributed by atoms with van der Waals surface area (Å²) in [4.78, 5) is 15.4. The first kappa shape index (κ1) is 15.7. The fraction of sp³-hybridized carbons (Fsp3) is 0.273. The number of carboxylic acids is 1. The number of hydrogen-bond acceptors (Lipinski definition) is 7. The van der Waals surface area contributed by atoms with E-state index in [2.05, 4.69) is 25.3 Å². The molecule has 0 aliphatic rings. The summed E-state index contributed by atoms with van der Waals surface area (Å²) < 4.78 is 26.0. The van der Waals surface area contributed by atoms with Gasteiger partial charge in [-0.1, -0.05) is 5.21 Å². The van der Waals surface area contributed by atoms with Gasteiger partial charge in [0.15, 0.2) is 11.5 Å². The van der Waals surface area contributed by atoms with Crippen molar-refractivity contribution < 1.29 is 18.3 Å². The molecular weight excluding hydrogens is 312 g/mol. The topological polar surface area (TPSA) is 139 Å². The van der Waals surface area contributed by atoms with Gasteiger partial charge in [-0.2, -0.15) is 0 Å². The third-order valence-electron chi connectivity index (χ3n) is 2.70. The van der Waals surface area contributed by atoms with E-state index in [1.165, 1.54) is 19.2 Å². The van der Waals surface area contributed by atoms with Crippen LogP contribution in [0.2, 0.25) is 0 Å². The van der Waals surface area contributed by atoms with Gasteiger partial charge in [0.2, 0.25) is 10.0 Å². The molecular formula is C11H14N6O4S. The number of sulfonamides is 1. The Hall–Kier alpha value is -2.69. The van der Waals surface area contributed by atoms with E-state index in [0.29, 0.717) is 0 Å². The SMILES string of the molecule is CNc1nc(-c2nnn(C)c2C(=O)O)ccc1NS(C)(=O)=O. The number of nitrogens with zero attached hydrogens (tertiary/aromatic N) is 4. The van der Waals surface area contributed by atoms with Crippen molar-refractivity contribution in [2.24, 2.45) is 7.05 Å². The molecule has 0 aliphatic heterocycles. The first-order valence-electron chi connectivity index (χ1n) is 6.03. The first-order chi connectivity index (χ1) is 10.2. The highest BCUT2D eigenvalue weighted by Crippen LogP contribution is 2.26. The summed E-state index contributed by atoms with van der Waals surface area (Å²) in [5.41, 5.74) is 0.485. The molecule has 10 nitrogen and oxygen atoms in total. The minimum atomic E-state index is -3.46. The fourth-order valence-corrected chi connectivity index (χ4v) is 2.40. The maximum atomic E-state index is 11.3. The summed E-state index contributed by atoms with van der Waals surface area (Å²) in [6, 6.07) is 2.93. The van der Waals surface area contributed by atoms with Crippen molar-refractivity contribution in [3.8, 4) is 11.4 Å². The third-order valence-corrected chi connectivity index (χ3v) is 3.29. The minimum absolute atomic E-state index is 0.0948. The van der Waals surface area contributed by atoms with Gasteiger partial charge in [0.25, 0.3) is 0 Å². The Bertz CT molecular complexity index is 829. The molecule has 2 aromatic heterocycles. The van der Waals surface area contributed by atoms with Crippen LogP contribution in [0.15, 0.2) is 12.1 Å². The Balaban J connectivity index is 2.53. The van der Waals surface area contributed by atoms with Crippen LogP contribution in [0.4, 0.5) is 11.5 Å². The normalized spacial score (nSPS) is 11.2. The van der Waals surface area contributed by atoms with Gasteiger partial charge in [-0.05, 0) is 12.1 Å². The molecule has 11 heteroatoms. The zero-order valence-corrected chi connectivity index (χ0v) is 12.8. The van der Waals surface area contributed by atoms with E-state index in [1.54, 1.807) is 7.05 Å². The van der Waals surface area contributed by atoms with E-state index < -0.39 is 16.0 Å². The van der Waals surface area contributed by atoms with Gasteiger partial charge >= 0.3 is 5.97 Å². The smallest absolute Gasteiger partial charge is 0.356 e. The molecule has 118 valence electrons. The molecule has 2 heterocycles. The van der Waals surface area contributed by atoms with Gasteiger partial charge in [0.05, 0.1) is 17.6 Å². The van der Waals surface area contributed by atoms with E-state index in [1.807, 2.05) is 0 Å². The average Bonchev–Trinajstić information content (AvgIpc) is 2.79. The lowest BCUT2D eigenvalue weighted by molar-refractivity contribution is 0.0686. The Morgan fingerprint density at radius 2 is 2.05 bits per heavy atom. The lowest BCUT2D eigenvalue weighted by atomic mass is 10.2. The maximum Gasteiger partial charge on any atom is 0.356 e. The molecule has 2 aromatic rings. The van der Waals surface area contributed by atoms with Crippen LogP contribution in [0.5, 0.6) is 0 Å². The Kier molecular flexibility index (Phi) is 3.99. The molecule has 3 N–H and O–H groups in total. The lowest BCUT2D eigenvalue weighted by Gasteiger charge is -2.10. The average molecular weight is 326 g/mol. The second kappa shape index (κ2) is 5.60. The van der Waals surface area contributed by atoms with Crippen molar-refractivity contribution in [3.05, 3.63) is 17.8 Å². The molecule has 22 heavy (non-hydrogen) atoms. The summed E-state index contributed by atoms with van der Waals surface area (Å²) >= 11 is 0. The summed E-state index contributed by atoms with van der Waals surface area (Å²) in [5.74, 6) is -0.946. The van der Waals surface area contributed by atoms with E-state index in [4.69, 9.17) is 0 Å². The third kappa shape index (κ3) is 3.14. The molecule has 2 rings (SSSR count). The summed E-state index contributed by atoms with van der Waals surface area (Å²) in [6.07, 6.45) is 1.02. The molecule has 0 saturated carbocycles. The van der Waals surface area contributed by atoms with Crippen molar-refractivity contribution in [2.45, 2.75) is 0 Å². The number of rotatable bonds is 5. The number of carboxylic acid groups (broad SMARTS) is 1. The second-order valence-corrected chi connectivity index (χ2v) is 6.18. The zero-order chi connectivity index (χ0) is 16.5. The highest BCUT2D eigenvalue weighted by Gasteiger charge is 2.21. The van der Waals surface area contributed by atoms with Gasteiger partial charge in [-0.15, -0.1) is 5.10 Å². The Labute approximate surface area is 126 Å². The van der Waals surface area contributed by atoms with Crippen LogP contribution < -0.4 is 10.0 Å². The van der Waals surface area contributed by atoms with Gasteiger partial charge < -0.3 is 10.4 Å². The number of anilines is 2. The van der Waals surface area contributed by atoms with Gasteiger partial charge in [0, 0.05) is 14.1 Å². The van der Waals surface area contributed by atoms with Crippen LogP contribution in [0.1, 0.15) is 10.5 Å². The van der Waals surface area contributed by atoms with Crippen LogP contribution in [0.25, 0.3) is 11.4 Å². The molecule has 0 aromatic carbocycles. The van der Waals surface area contributed by atoms with Crippen molar-refractivity contribution in [3.63, 3.8) is 0 Å². The number of nitrogens with one attached hydrogen (secondary N) is 2. The van der Waals surface area contributed by atoms with E-state index in [0.717, 1.165) is 10.9 Å². The molecule has 0 unspecified atom stereocenters. The van der Waals surface area contributed by atoms with Crippen LogP contribution in [-0.2, 0) is 17.1 Å². The number of pyridine rings is 1. The molecule has 0 saturated heterocycles. The highest BCUT2D eigenvalue weighted by atomic mass is 32.2. The Morgan fingerprint density at radius 1 is 1.36 bits per heavy atom. The number of aryl methyl sites for hydroxylation is 1. The number of hydrogen-bond donors (Lipinski definition) is 3. The molecule has 0 spiro atoms. The number of carbonyl (C=O) groups is 1. The lowest BCUT2D eigenvalue weighted by Crippen LogP contribution is -2.12. The quantitative estimate of drug-likeness (QED) is 0.697.